The molecule has 0 fully saturated rings. The van der Waals surface area contributed by atoms with Gasteiger partial charge in [0.2, 0.25) is 5.91 Å². The first-order valence-electron chi connectivity index (χ1n) is 4.59. The van der Waals surface area contributed by atoms with Crippen LogP contribution in [0.3, 0.4) is 0 Å². The number of thioether (sulfide) groups is 1. The minimum atomic E-state index is -0.0978. The molecule has 0 aliphatic rings. The van der Waals surface area contributed by atoms with Gasteiger partial charge in [0.25, 0.3) is 0 Å². The van der Waals surface area contributed by atoms with Crippen molar-refractivity contribution in [3.8, 4) is 0 Å². The highest BCUT2D eigenvalue weighted by atomic mass is 32.2. The lowest BCUT2D eigenvalue weighted by atomic mass is 10.5. The van der Waals surface area contributed by atoms with E-state index in [-0.39, 0.29) is 5.91 Å². The number of nitrogens with one attached hydrogen (secondary N) is 1. The zero-order chi connectivity index (χ0) is 11.5. The van der Waals surface area contributed by atoms with Crippen LogP contribution in [-0.2, 0) is 11.8 Å². The van der Waals surface area contributed by atoms with Crippen molar-refractivity contribution in [2.75, 3.05) is 12.0 Å². The van der Waals surface area contributed by atoms with Gasteiger partial charge >= 0.3 is 0 Å². The van der Waals surface area contributed by atoms with Crippen molar-refractivity contribution in [1.82, 2.24) is 5.43 Å². The SMILES string of the molecule is CSCCC(=O)NN.C[n+]1ccccc1. The first-order chi connectivity index (χ1) is 7.20. The zero-order valence-corrected chi connectivity index (χ0v) is 9.96. The molecule has 1 heterocycles. The van der Waals surface area contributed by atoms with Gasteiger partial charge in [0.15, 0.2) is 12.4 Å². The summed E-state index contributed by atoms with van der Waals surface area (Å²) < 4.78 is 2.00. The third-order valence-electron chi connectivity index (χ3n) is 1.56. The molecule has 0 atom stereocenters. The normalized spacial score (nSPS) is 8.73. The average Bonchev–Trinajstić information content (AvgIpc) is 2.28. The first-order valence-corrected chi connectivity index (χ1v) is 5.98. The fourth-order valence-corrected chi connectivity index (χ4v) is 1.14. The molecule has 3 N–H and O–H groups in total. The molecule has 5 heteroatoms. The number of nitrogens with zero attached hydrogens (tertiary/aromatic N) is 1. The van der Waals surface area contributed by atoms with Gasteiger partial charge < -0.3 is 0 Å². The zero-order valence-electron chi connectivity index (χ0n) is 9.14. The number of carbonyl (C=O) groups is 1. The molecular weight excluding hydrogens is 210 g/mol. The first kappa shape index (κ1) is 13.9. The van der Waals surface area contributed by atoms with E-state index in [1.807, 2.05) is 53.9 Å². The molecule has 84 valence electrons. The molecule has 1 amide bonds. The lowest BCUT2D eigenvalue weighted by Gasteiger charge is -1.93. The monoisotopic (exact) mass is 228 g/mol. The van der Waals surface area contributed by atoms with E-state index in [9.17, 15) is 4.79 Å². The summed E-state index contributed by atoms with van der Waals surface area (Å²) in [5, 5.41) is 0. The summed E-state index contributed by atoms with van der Waals surface area (Å²) in [5.74, 6) is 5.54. The largest absolute Gasteiger partial charge is 0.294 e. The molecule has 0 aromatic carbocycles. The van der Waals surface area contributed by atoms with E-state index in [2.05, 4.69) is 0 Å². The third kappa shape index (κ3) is 9.24. The van der Waals surface area contributed by atoms with E-state index in [1.54, 1.807) is 11.8 Å². The standard InChI is InChI=1S/C6H8N.C4H10N2OS/c1-7-5-3-2-4-6-7;1-8-3-2-4(7)6-5/h2-6H,1H3;2-3,5H2,1H3,(H,6,7)/q+1;. The van der Waals surface area contributed by atoms with Crippen molar-refractivity contribution in [1.29, 1.82) is 0 Å². The molecule has 0 aliphatic heterocycles. The van der Waals surface area contributed by atoms with Crippen LogP contribution in [0.5, 0.6) is 0 Å². The Morgan fingerprint density at radius 2 is 2.00 bits per heavy atom. The van der Waals surface area contributed by atoms with Crippen LogP contribution in [0.1, 0.15) is 6.42 Å². The fourth-order valence-electron chi connectivity index (χ4n) is 0.752. The molecule has 0 radical (unpaired) electrons. The molecule has 0 spiro atoms. The van der Waals surface area contributed by atoms with Gasteiger partial charge in [0, 0.05) is 24.3 Å². The minimum absolute atomic E-state index is 0.0978. The van der Waals surface area contributed by atoms with Crippen LogP contribution in [0.25, 0.3) is 0 Å². The number of nitrogens with two attached hydrogens (primary N) is 1. The summed E-state index contributed by atoms with van der Waals surface area (Å²) >= 11 is 1.63. The van der Waals surface area contributed by atoms with Gasteiger partial charge in [0.05, 0.1) is 0 Å². The van der Waals surface area contributed by atoms with Crippen molar-refractivity contribution >= 4 is 17.7 Å². The second-order valence-corrected chi connectivity index (χ2v) is 3.84. The van der Waals surface area contributed by atoms with E-state index in [0.29, 0.717) is 6.42 Å². The molecule has 1 aromatic rings. The molecular formula is C10H18N3OS+. The van der Waals surface area contributed by atoms with Crippen LogP contribution in [0.4, 0.5) is 0 Å². The van der Waals surface area contributed by atoms with Gasteiger partial charge in [-0.05, 0) is 6.26 Å². The maximum absolute atomic E-state index is 10.3. The summed E-state index contributed by atoms with van der Waals surface area (Å²) in [6.45, 7) is 0. The number of hydrogen-bond acceptors (Lipinski definition) is 3. The lowest BCUT2D eigenvalue weighted by Crippen LogP contribution is -2.30. The number of carbonyl (C=O) groups excluding carboxylic acids is 1. The Morgan fingerprint density at radius 3 is 2.33 bits per heavy atom. The minimum Gasteiger partial charge on any atom is -0.294 e. The smallest absolute Gasteiger partial charge is 0.234 e. The van der Waals surface area contributed by atoms with Crippen LogP contribution >= 0.6 is 11.8 Å². The molecule has 4 nitrogen and oxygen atoms in total. The average molecular weight is 228 g/mol. The van der Waals surface area contributed by atoms with Crippen molar-refractivity contribution in [2.45, 2.75) is 6.42 Å². The van der Waals surface area contributed by atoms with Crippen LogP contribution < -0.4 is 15.8 Å². The van der Waals surface area contributed by atoms with Gasteiger partial charge in [-0.25, -0.2) is 10.4 Å². The van der Waals surface area contributed by atoms with Gasteiger partial charge in [-0.3, -0.25) is 10.2 Å². The Bertz CT molecular complexity index is 267. The van der Waals surface area contributed by atoms with Crippen LogP contribution in [-0.4, -0.2) is 17.9 Å². The summed E-state index contributed by atoms with van der Waals surface area (Å²) in [5.41, 5.74) is 2.05. The molecule has 0 saturated carbocycles. The predicted octanol–water partition coefficient (Wildman–Crippen LogP) is 0.241. The Balaban J connectivity index is 0.000000262. The number of hydrazine groups is 1. The van der Waals surface area contributed by atoms with E-state index in [4.69, 9.17) is 5.84 Å². The van der Waals surface area contributed by atoms with E-state index < -0.39 is 0 Å². The van der Waals surface area contributed by atoms with Gasteiger partial charge in [-0.15, -0.1) is 0 Å². The molecule has 0 saturated heterocycles. The highest BCUT2D eigenvalue weighted by Crippen LogP contribution is 1.93. The highest BCUT2D eigenvalue weighted by molar-refractivity contribution is 7.98. The maximum Gasteiger partial charge on any atom is 0.234 e. The van der Waals surface area contributed by atoms with Gasteiger partial charge in [-0.2, -0.15) is 11.8 Å². The fraction of sp³-hybridized carbons (Fsp3) is 0.400. The second kappa shape index (κ2) is 9.48. The molecule has 1 rings (SSSR count). The molecule has 0 unspecified atom stereocenters. The van der Waals surface area contributed by atoms with Gasteiger partial charge in [-0.1, -0.05) is 6.07 Å². The number of amides is 1. The Hall–Kier alpha value is -1.07. The summed E-state index contributed by atoms with van der Waals surface area (Å²) in [6.07, 6.45) is 6.46. The van der Waals surface area contributed by atoms with Crippen molar-refractivity contribution in [3.05, 3.63) is 30.6 Å². The molecule has 15 heavy (non-hydrogen) atoms. The highest BCUT2D eigenvalue weighted by Gasteiger charge is 1.93. The predicted molar refractivity (Wildman–Crippen MR) is 62.9 cm³/mol. The quantitative estimate of drug-likeness (QED) is 0.337. The Kier molecular flexibility index (Phi) is 8.81. The molecule has 1 aromatic heterocycles. The summed E-state index contributed by atoms with van der Waals surface area (Å²) in [7, 11) is 2.00. The van der Waals surface area contributed by atoms with Crippen molar-refractivity contribution < 1.29 is 9.36 Å². The second-order valence-electron chi connectivity index (χ2n) is 2.85. The molecule has 0 aliphatic carbocycles. The number of rotatable bonds is 3. The maximum atomic E-state index is 10.3. The number of aryl methyl sites for hydroxylation is 1. The van der Waals surface area contributed by atoms with Crippen molar-refractivity contribution in [2.24, 2.45) is 12.9 Å². The molecule has 0 bridgehead atoms. The number of aromatic nitrogens is 1. The Morgan fingerprint density at radius 1 is 1.40 bits per heavy atom. The van der Waals surface area contributed by atoms with Gasteiger partial charge in [0.1, 0.15) is 7.05 Å². The van der Waals surface area contributed by atoms with Crippen LogP contribution in [0.15, 0.2) is 30.6 Å². The van der Waals surface area contributed by atoms with Crippen LogP contribution in [0.2, 0.25) is 0 Å². The lowest BCUT2D eigenvalue weighted by molar-refractivity contribution is -0.671. The van der Waals surface area contributed by atoms with Crippen molar-refractivity contribution in [3.63, 3.8) is 0 Å². The van der Waals surface area contributed by atoms with Crippen LogP contribution in [0, 0.1) is 0 Å². The number of hydrogen-bond donors (Lipinski definition) is 2. The number of pyridine rings is 1. The third-order valence-corrected chi connectivity index (χ3v) is 2.17. The summed E-state index contributed by atoms with van der Waals surface area (Å²) in [4.78, 5) is 10.3. The van der Waals surface area contributed by atoms with E-state index in [1.165, 1.54) is 0 Å². The van der Waals surface area contributed by atoms with E-state index >= 15 is 0 Å². The summed E-state index contributed by atoms with van der Waals surface area (Å²) in [6, 6.07) is 6.00. The Labute approximate surface area is 94.8 Å². The van der Waals surface area contributed by atoms with E-state index in [0.717, 1.165) is 5.75 Å². The topological polar surface area (TPSA) is 59.0 Å².